The summed E-state index contributed by atoms with van der Waals surface area (Å²) >= 11 is 0. The summed E-state index contributed by atoms with van der Waals surface area (Å²) in [6.45, 7) is 2.43. The van der Waals surface area contributed by atoms with E-state index < -0.39 is 0 Å². The van der Waals surface area contributed by atoms with Gasteiger partial charge in [0.15, 0.2) is 0 Å². The number of nitrogens with two attached hydrogens (primary N) is 1. The first-order valence-electron chi connectivity index (χ1n) is 7.93. The van der Waals surface area contributed by atoms with E-state index in [1.165, 1.54) is 64.5 Å². The zero-order valence-corrected chi connectivity index (χ0v) is 11.9. The minimum Gasteiger partial charge on any atom is -0.409 e. The second-order valence-corrected chi connectivity index (χ2v) is 6.99. The fourth-order valence-corrected chi connectivity index (χ4v) is 4.34. The van der Waals surface area contributed by atoms with Crippen LogP contribution in [-0.4, -0.2) is 35.1 Å². The van der Waals surface area contributed by atoms with Crippen molar-refractivity contribution in [2.45, 2.75) is 63.8 Å². The lowest BCUT2D eigenvalue weighted by Crippen LogP contribution is -2.49. The lowest BCUT2D eigenvalue weighted by atomic mass is 9.78. The molecular formula is C15H27N3O. The van der Waals surface area contributed by atoms with Crippen molar-refractivity contribution < 1.29 is 5.21 Å². The summed E-state index contributed by atoms with van der Waals surface area (Å²) < 4.78 is 0. The molecule has 3 rings (SSSR count). The van der Waals surface area contributed by atoms with Crippen LogP contribution < -0.4 is 5.73 Å². The van der Waals surface area contributed by atoms with Gasteiger partial charge in [0.25, 0.3) is 0 Å². The highest BCUT2D eigenvalue weighted by atomic mass is 16.4. The van der Waals surface area contributed by atoms with Crippen LogP contribution in [0.5, 0.6) is 0 Å². The molecule has 2 unspecified atom stereocenters. The van der Waals surface area contributed by atoms with Gasteiger partial charge in [-0.2, -0.15) is 0 Å². The van der Waals surface area contributed by atoms with Crippen LogP contribution >= 0.6 is 0 Å². The number of oxime groups is 1. The molecule has 1 aliphatic heterocycles. The van der Waals surface area contributed by atoms with E-state index >= 15 is 0 Å². The summed E-state index contributed by atoms with van der Waals surface area (Å²) in [7, 11) is 0. The van der Waals surface area contributed by atoms with E-state index in [0.717, 1.165) is 18.4 Å². The highest BCUT2D eigenvalue weighted by molar-refractivity contribution is 5.80. The van der Waals surface area contributed by atoms with Crippen molar-refractivity contribution in [1.29, 1.82) is 0 Å². The first-order chi connectivity index (χ1) is 9.22. The molecule has 1 heterocycles. The van der Waals surface area contributed by atoms with Crippen LogP contribution in [-0.2, 0) is 0 Å². The van der Waals surface area contributed by atoms with Gasteiger partial charge in [-0.25, -0.2) is 0 Å². The Morgan fingerprint density at radius 1 is 1.21 bits per heavy atom. The first kappa shape index (κ1) is 13.2. The number of fused-ring (bicyclic) bond motifs is 1. The Balaban J connectivity index is 1.62. The second kappa shape index (κ2) is 5.31. The van der Waals surface area contributed by atoms with Gasteiger partial charge in [-0.15, -0.1) is 0 Å². The number of hydrogen-bond donors (Lipinski definition) is 2. The van der Waals surface area contributed by atoms with Crippen molar-refractivity contribution in [1.82, 2.24) is 4.90 Å². The molecule has 0 bridgehead atoms. The van der Waals surface area contributed by atoms with Gasteiger partial charge >= 0.3 is 0 Å². The predicted molar refractivity (Wildman–Crippen MR) is 76.2 cm³/mol. The molecule has 4 heteroatoms. The molecule has 0 amide bonds. The van der Waals surface area contributed by atoms with Crippen LogP contribution in [0.2, 0.25) is 0 Å². The number of amidine groups is 1. The molecule has 0 aromatic heterocycles. The maximum Gasteiger partial charge on any atom is 0.139 e. The highest BCUT2D eigenvalue weighted by Crippen LogP contribution is 2.50. The average Bonchev–Trinajstić information content (AvgIpc) is 3.18. The molecule has 3 aliphatic rings. The van der Waals surface area contributed by atoms with Crippen LogP contribution in [0.4, 0.5) is 0 Å². The third-order valence-corrected chi connectivity index (χ3v) is 5.54. The summed E-state index contributed by atoms with van der Waals surface area (Å²) in [5.74, 6) is 1.36. The second-order valence-electron chi connectivity index (χ2n) is 6.99. The minimum absolute atomic E-state index is 0.329. The Kier molecular flexibility index (Phi) is 3.70. The van der Waals surface area contributed by atoms with E-state index in [-0.39, 0.29) is 0 Å². The highest BCUT2D eigenvalue weighted by Gasteiger charge is 2.46. The molecule has 0 aromatic rings. The summed E-state index contributed by atoms with van der Waals surface area (Å²) in [6, 6.07) is 0.826. The Hall–Kier alpha value is -0.770. The van der Waals surface area contributed by atoms with Crippen LogP contribution in [0.1, 0.15) is 57.8 Å². The van der Waals surface area contributed by atoms with Crippen molar-refractivity contribution in [3.8, 4) is 0 Å². The van der Waals surface area contributed by atoms with E-state index in [4.69, 9.17) is 10.9 Å². The third kappa shape index (κ3) is 2.88. The molecule has 3 fully saturated rings. The van der Waals surface area contributed by atoms with Gasteiger partial charge in [0.2, 0.25) is 0 Å². The van der Waals surface area contributed by atoms with Crippen molar-refractivity contribution in [3.05, 3.63) is 0 Å². The fourth-order valence-electron chi connectivity index (χ4n) is 4.34. The number of likely N-dealkylation sites (tertiary alicyclic amines) is 1. The van der Waals surface area contributed by atoms with Crippen molar-refractivity contribution in [2.24, 2.45) is 22.2 Å². The molecule has 2 atom stereocenters. The molecule has 2 saturated carbocycles. The molecule has 0 spiro atoms. The summed E-state index contributed by atoms with van der Waals surface area (Å²) in [5, 5.41) is 11.9. The fraction of sp³-hybridized carbons (Fsp3) is 0.933. The standard InChI is InChI=1S/C15H27N3O/c16-14(17-19)10-15(7-8-15)11-18-9-3-5-12-4-1-2-6-13(12)18/h12-13,19H,1-11H2,(H2,16,17). The topological polar surface area (TPSA) is 61.8 Å². The number of hydrogen-bond acceptors (Lipinski definition) is 3. The SMILES string of the molecule is NC(CC1(CN2CCCC3CCCCC32)CC1)=NO. The Bertz CT molecular complexity index is 349. The molecule has 19 heavy (non-hydrogen) atoms. The normalized spacial score (nSPS) is 34.8. The largest absolute Gasteiger partial charge is 0.409 e. The van der Waals surface area contributed by atoms with Gasteiger partial charge in [0.05, 0.1) is 0 Å². The van der Waals surface area contributed by atoms with Gasteiger partial charge in [0.1, 0.15) is 5.84 Å². The monoisotopic (exact) mass is 265 g/mol. The summed E-state index contributed by atoms with van der Waals surface area (Å²) in [4.78, 5) is 2.74. The van der Waals surface area contributed by atoms with Gasteiger partial charge in [-0.05, 0) is 56.4 Å². The van der Waals surface area contributed by atoms with E-state index in [1.54, 1.807) is 0 Å². The van der Waals surface area contributed by atoms with E-state index in [2.05, 4.69) is 10.1 Å². The Morgan fingerprint density at radius 3 is 2.68 bits per heavy atom. The maximum atomic E-state index is 8.77. The first-order valence-corrected chi connectivity index (χ1v) is 7.93. The minimum atomic E-state index is 0.329. The molecule has 4 nitrogen and oxygen atoms in total. The maximum absolute atomic E-state index is 8.77. The molecule has 1 saturated heterocycles. The van der Waals surface area contributed by atoms with Gasteiger partial charge in [0, 0.05) is 19.0 Å². The van der Waals surface area contributed by atoms with Crippen LogP contribution in [0.15, 0.2) is 5.16 Å². The molecule has 0 aromatic carbocycles. The Morgan fingerprint density at radius 2 is 1.95 bits per heavy atom. The van der Waals surface area contributed by atoms with Crippen molar-refractivity contribution in [2.75, 3.05) is 13.1 Å². The van der Waals surface area contributed by atoms with Crippen LogP contribution in [0.25, 0.3) is 0 Å². The quantitative estimate of drug-likeness (QED) is 0.355. The molecule has 2 aliphatic carbocycles. The van der Waals surface area contributed by atoms with Crippen molar-refractivity contribution in [3.63, 3.8) is 0 Å². The third-order valence-electron chi connectivity index (χ3n) is 5.54. The Labute approximate surface area is 116 Å². The van der Waals surface area contributed by atoms with Crippen LogP contribution in [0.3, 0.4) is 0 Å². The molecule has 0 radical (unpaired) electrons. The summed E-state index contributed by atoms with van der Waals surface area (Å²) in [6.07, 6.45) is 11.7. The van der Waals surface area contributed by atoms with Gasteiger partial charge in [-0.1, -0.05) is 18.0 Å². The average molecular weight is 265 g/mol. The van der Waals surface area contributed by atoms with E-state index in [9.17, 15) is 0 Å². The zero-order valence-electron chi connectivity index (χ0n) is 11.9. The smallest absolute Gasteiger partial charge is 0.139 e. The molecule has 108 valence electrons. The molecular weight excluding hydrogens is 238 g/mol. The number of rotatable bonds is 4. The van der Waals surface area contributed by atoms with E-state index in [1.807, 2.05) is 0 Å². The van der Waals surface area contributed by atoms with E-state index in [0.29, 0.717) is 11.3 Å². The molecule has 3 N–H and O–H groups in total. The lowest BCUT2D eigenvalue weighted by Gasteiger charge is -2.45. The predicted octanol–water partition coefficient (Wildman–Crippen LogP) is 2.56. The zero-order chi connectivity index (χ0) is 13.3. The number of nitrogens with zero attached hydrogens (tertiary/aromatic N) is 2. The van der Waals surface area contributed by atoms with Crippen molar-refractivity contribution >= 4 is 5.84 Å². The number of piperidine rings is 1. The summed E-state index contributed by atoms with van der Waals surface area (Å²) in [5.41, 5.74) is 6.05. The van der Waals surface area contributed by atoms with Gasteiger partial charge < -0.3 is 10.9 Å². The van der Waals surface area contributed by atoms with Gasteiger partial charge in [-0.3, -0.25) is 4.90 Å². The lowest BCUT2D eigenvalue weighted by molar-refractivity contribution is 0.0449. The van der Waals surface area contributed by atoms with Crippen LogP contribution in [0, 0.1) is 11.3 Å².